The van der Waals surface area contributed by atoms with Crippen LogP contribution in [0.15, 0.2) is 45.8 Å². The lowest BCUT2D eigenvalue weighted by Gasteiger charge is -2.18. The van der Waals surface area contributed by atoms with E-state index in [-0.39, 0.29) is 23.3 Å². The molecule has 1 amide bonds. The molecule has 1 aliphatic heterocycles. The molecule has 6 nitrogen and oxygen atoms in total. The average molecular weight is 465 g/mol. The summed E-state index contributed by atoms with van der Waals surface area (Å²) in [5.74, 6) is 0.923. The molecule has 0 unspecified atom stereocenters. The van der Waals surface area contributed by atoms with Gasteiger partial charge < -0.3 is 9.64 Å². The molecule has 0 bridgehead atoms. The van der Waals surface area contributed by atoms with Crippen LogP contribution in [-0.4, -0.2) is 28.0 Å². The van der Waals surface area contributed by atoms with Gasteiger partial charge in [0.1, 0.15) is 5.75 Å². The average Bonchev–Trinajstić information content (AvgIpc) is 3.46. The highest BCUT2D eigenvalue weighted by atomic mass is 79.9. The third-order valence-electron chi connectivity index (χ3n) is 5.14. The van der Waals surface area contributed by atoms with Crippen LogP contribution in [0.1, 0.15) is 24.0 Å². The molecule has 4 rings (SSSR count). The summed E-state index contributed by atoms with van der Waals surface area (Å²) in [7, 11) is -2.16. The Kier molecular flexibility index (Phi) is 5.20. The topological polar surface area (TPSA) is 75.7 Å². The van der Waals surface area contributed by atoms with E-state index in [1.54, 1.807) is 30.2 Å². The van der Waals surface area contributed by atoms with E-state index in [9.17, 15) is 13.2 Å². The fraction of sp³-hybridized carbons (Fsp3) is 0.350. The highest BCUT2D eigenvalue weighted by molar-refractivity contribution is 9.10. The second kappa shape index (κ2) is 7.50. The van der Waals surface area contributed by atoms with E-state index in [1.165, 1.54) is 0 Å². The number of carbonyl (C=O) groups is 1. The highest BCUT2D eigenvalue weighted by Crippen LogP contribution is 2.39. The number of benzene rings is 2. The molecule has 148 valence electrons. The minimum absolute atomic E-state index is 0.0999. The van der Waals surface area contributed by atoms with E-state index < -0.39 is 10.0 Å². The normalized spacial score (nSPS) is 16.1. The number of hydrogen-bond acceptors (Lipinski definition) is 4. The van der Waals surface area contributed by atoms with Crippen LogP contribution in [0.25, 0.3) is 0 Å². The van der Waals surface area contributed by atoms with Gasteiger partial charge in [-0.05, 0) is 70.6 Å². The Hall–Kier alpha value is -1.90. The predicted octanol–water partition coefficient (Wildman–Crippen LogP) is 3.24. The summed E-state index contributed by atoms with van der Waals surface area (Å²) in [6.45, 7) is 0.778. The molecule has 1 fully saturated rings. The lowest BCUT2D eigenvalue weighted by atomic mass is 10.2. The van der Waals surface area contributed by atoms with Crippen molar-refractivity contribution in [2.45, 2.75) is 30.7 Å². The molecule has 0 saturated heterocycles. The maximum Gasteiger partial charge on any atom is 0.242 e. The van der Waals surface area contributed by atoms with Gasteiger partial charge in [-0.25, -0.2) is 13.1 Å². The largest absolute Gasteiger partial charge is 0.497 e. The Bertz CT molecular complexity index is 1020. The first-order valence-electron chi connectivity index (χ1n) is 9.15. The molecule has 0 radical (unpaired) electrons. The van der Waals surface area contributed by atoms with Crippen molar-refractivity contribution in [2.24, 2.45) is 5.92 Å². The zero-order valence-electron chi connectivity index (χ0n) is 15.4. The molecular weight excluding hydrogens is 444 g/mol. The number of rotatable bonds is 6. The molecule has 0 spiro atoms. The summed E-state index contributed by atoms with van der Waals surface area (Å²) in [5, 5.41) is 0. The summed E-state index contributed by atoms with van der Waals surface area (Å²) in [6.07, 6.45) is 2.59. The SMILES string of the molecule is COc1ccc(CNS(=O)(=O)c2cc3c(cc2Br)CCN3C(=O)C2CC2)cc1. The van der Waals surface area contributed by atoms with Crippen molar-refractivity contribution < 1.29 is 17.9 Å². The van der Waals surface area contributed by atoms with Crippen molar-refractivity contribution in [3.05, 3.63) is 52.0 Å². The quantitative estimate of drug-likeness (QED) is 0.711. The van der Waals surface area contributed by atoms with Gasteiger partial charge in [0.15, 0.2) is 0 Å². The Morgan fingerprint density at radius 1 is 1.25 bits per heavy atom. The van der Waals surface area contributed by atoms with Crippen LogP contribution in [0.4, 0.5) is 5.69 Å². The molecule has 1 N–H and O–H groups in total. The number of ether oxygens (including phenoxy) is 1. The highest BCUT2D eigenvalue weighted by Gasteiger charge is 2.37. The summed E-state index contributed by atoms with van der Waals surface area (Å²) in [5.41, 5.74) is 2.53. The summed E-state index contributed by atoms with van der Waals surface area (Å²) < 4.78 is 34.1. The second-order valence-electron chi connectivity index (χ2n) is 7.10. The molecule has 2 aromatic rings. The van der Waals surface area contributed by atoms with Crippen LogP contribution >= 0.6 is 15.9 Å². The number of sulfonamides is 1. The number of hydrogen-bond donors (Lipinski definition) is 1. The van der Waals surface area contributed by atoms with Crippen molar-refractivity contribution in [3.8, 4) is 5.75 Å². The monoisotopic (exact) mass is 464 g/mol. The number of carbonyl (C=O) groups excluding carboxylic acids is 1. The zero-order valence-corrected chi connectivity index (χ0v) is 17.8. The van der Waals surface area contributed by atoms with Crippen molar-refractivity contribution in [3.63, 3.8) is 0 Å². The molecule has 8 heteroatoms. The van der Waals surface area contributed by atoms with Gasteiger partial charge in [0, 0.05) is 29.2 Å². The smallest absolute Gasteiger partial charge is 0.242 e. The Morgan fingerprint density at radius 3 is 2.61 bits per heavy atom. The minimum atomic E-state index is -3.75. The van der Waals surface area contributed by atoms with E-state index in [0.29, 0.717) is 22.5 Å². The van der Waals surface area contributed by atoms with Gasteiger partial charge in [-0.2, -0.15) is 0 Å². The van der Waals surface area contributed by atoms with Crippen LogP contribution in [0.2, 0.25) is 0 Å². The fourth-order valence-electron chi connectivity index (χ4n) is 3.37. The van der Waals surface area contributed by atoms with E-state index in [1.807, 2.05) is 18.2 Å². The Labute approximate surface area is 173 Å². The number of fused-ring (bicyclic) bond motifs is 1. The van der Waals surface area contributed by atoms with Gasteiger partial charge in [0.2, 0.25) is 15.9 Å². The molecule has 28 heavy (non-hydrogen) atoms. The van der Waals surface area contributed by atoms with Crippen LogP contribution in [-0.2, 0) is 27.8 Å². The second-order valence-corrected chi connectivity index (χ2v) is 9.69. The van der Waals surface area contributed by atoms with E-state index in [4.69, 9.17) is 4.74 Å². The number of amides is 1. The summed E-state index contributed by atoms with van der Waals surface area (Å²) in [6, 6.07) is 10.6. The van der Waals surface area contributed by atoms with E-state index in [2.05, 4.69) is 20.7 Å². The Morgan fingerprint density at radius 2 is 1.96 bits per heavy atom. The van der Waals surface area contributed by atoms with Crippen LogP contribution in [0, 0.1) is 5.92 Å². The van der Waals surface area contributed by atoms with Crippen molar-refractivity contribution in [2.75, 3.05) is 18.6 Å². The zero-order chi connectivity index (χ0) is 19.9. The molecule has 0 atom stereocenters. The fourth-order valence-corrected chi connectivity index (χ4v) is 5.50. The Balaban J connectivity index is 1.57. The van der Waals surface area contributed by atoms with Crippen LogP contribution in [0.5, 0.6) is 5.75 Å². The number of anilines is 1. The minimum Gasteiger partial charge on any atom is -0.497 e. The number of nitrogens with one attached hydrogen (secondary N) is 1. The third kappa shape index (κ3) is 3.81. The van der Waals surface area contributed by atoms with Gasteiger partial charge in [-0.3, -0.25) is 4.79 Å². The van der Waals surface area contributed by atoms with Gasteiger partial charge >= 0.3 is 0 Å². The number of nitrogens with zero attached hydrogens (tertiary/aromatic N) is 1. The van der Waals surface area contributed by atoms with Gasteiger partial charge in [0.05, 0.1) is 12.0 Å². The molecule has 1 saturated carbocycles. The molecule has 1 heterocycles. The lowest BCUT2D eigenvalue weighted by Crippen LogP contribution is -2.30. The first-order valence-corrected chi connectivity index (χ1v) is 11.4. The van der Waals surface area contributed by atoms with Gasteiger partial charge in [0.25, 0.3) is 0 Å². The van der Waals surface area contributed by atoms with Crippen LogP contribution < -0.4 is 14.4 Å². The molecule has 1 aliphatic carbocycles. The van der Waals surface area contributed by atoms with Crippen LogP contribution in [0.3, 0.4) is 0 Å². The molecular formula is C20H21BrN2O4S. The predicted molar refractivity (Wildman–Crippen MR) is 110 cm³/mol. The lowest BCUT2D eigenvalue weighted by molar-refractivity contribution is -0.119. The first kappa shape index (κ1) is 19.4. The maximum atomic E-state index is 12.9. The van der Waals surface area contributed by atoms with E-state index >= 15 is 0 Å². The third-order valence-corrected chi connectivity index (χ3v) is 7.50. The van der Waals surface area contributed by atoms with Gasteiger partial charge in [-0.1, -0.05) is 12.1 Å². The molecule has 2 aliphatic rings. The van der Waals surface area contributed by atoms with Crippen molar-refractivity contribution in [1.29, 1.82) is 0 Å². The van der Waals surface area contributed by atoms with Gasteiger partial charge in [-0.15, -0.1) is 0 Å². The maximum absolute atomic E-state index is 12.9. The molecule has 0 aromatic heterocycles. The number of halogens is 1. The van der Waals surface area contributed by atoms with Crippen molar-refractivity contribution >= 4 is 37.5 Å². The number of methoxy groups -OCH3 is 1. The first-order chi connectivity index (χ1) is 13.4. The summed E-state index contributed by atoms with van der Waals surface area (Å²) in [4.78, 5) is 14.4. The standard InChI is InChI=1S/C20H21BrN2O4S/c1-27-16-6-2-13(3-7-16)12-22-28(25,26)19-11-18-15(10-17(19)21)8-9-23(18)20(24)14-4-5-14/h2-3,6-7,10-11,14,22H,4-5,8-9,12H2,1H3. The van der Waals surface area contributed by atoms with E-state index in [0.717, 1.165) is 30.4 Å². The summed E-state index contributed by atoms with van der Waals surface area (Å²) >= 11 is 3.39. The molecule has 2 aromatic carbocycles. The van der Waals surface area contributed by atoms with Crippen molar-refractivity contribution in [1.82, 2.24) is 4.72 Å².